The van der Waals surface area contributed by atoms with Crippen LogP contribution in [0.4, 0.5) is 11.4 Å². The smallest absolute Gasteiger partial charge is 0.230 e. The summed E-state index contributed by atoms with van der Waals surface area (Å²) >= 11 is 0. The molecule has 0 spiro atoms. The van der Waals surface area contributed by atoms with E-state index in [4.69, 9.17) is 5.73 Å². The third-order valence-electron chi connectivity index (χ3n) is 3.92. The van der Waals surface area contributed by atoms with Gasteiger partial charge in [-0.25, -0.2) is 0 Å². The number of anilines is 2. The fraction of sp³-hybridized carbons (Fsp3) is 0.533. The molecule has 3 nitrogen and oxygen atoms in total. The lowest BCUT2D eigenvalue weighted by molar-refractivity contribution is -0.123. The van der Waals surface area contributed by atoms with Gasteiger partial charge in [-0.2, -0.15) is 0 Å². The molecule has 3 heteroatoms. The van der Waals surface area contributed by atoms with Crippen molar-refractivity contribution in [3.8, 4) is 0 Å². The molecule has 1 aliphatic heterocycles. The summed E-state index contributed by atoms with van der Waals surface area (Å²) in [7, 11) is 0. The average Bonchev–Trinajstić information content (AvgIpc) is 2.34. The van der Waals surface area contributed by atoms with E-state index in [-0.39, 0.29) is 11.8 Å². The van der Waals surface area contributed by atoms with E-state index in [1.165, 1.54) is 0 Å². The lowest BCUT2D eigenvalue weighted by Gasteiger charge is -2.33. The van der Waals surface area contributed by atoms with Gasteiger partial charge >= 0.3 is 0 Å². The molecule has 0 aliphatic carbocycles. The molecule has 1 unspecified atom stereocenters. The number of carbonyl (C=O) groups excluding carboxylic acids is 1. The topological polar surface area (TPSA) is 46.3 Å². The summed E-state index contributed by atoms with van der Waals surface area (Å²) in [5, 5.41) is 0. The van der Waals surface area contributed by atoms with E-state index in [0.29, 0.717) is 0 Å². The van der Waals surface area contributed by atoms with E-state index in [1.54, 1.807) is 0 Å². The lowest BCUT2D eigenvalue weighted by atomic mass is 9.93. The van der Waals surface area contributed by atoms with Gasteiger partial charge in [-0.1, -0.05) is 13.0 Å². The summed E-state index contributed by atoms with van der Waals surface area (Å²) in [4.78, 5) is 14.3. The molecule has 1 aliphatic rings. The molecule has 1 amide bonds. The van der Waals surface area contributed by atoms with Gasteiger partial charge in [0.25, 0.3) is 0 Å². The zero-order valence-corrected chi connectivity index (χ0v) is 11.5. The fourth-order valence-electron chi connectivity index (χ4n) is 2.72. The number of aryl methyl sites for hydroxylation is 2. The van der Waals surface area contributed by atoms with Crippen molar-refractivity contribution in [2.45, 2.75) is 40.0 Å². The number of carbonyl (C=O) groups is 1. The van der Waals surface area contributed by atoms with Crippen LogP contribution in [0.1, 0.15) is 37.3 Å². The van der Waals surface area contributed by atoms with E-state index in [0.717, 1.165) is 48.3 Å². The van der Waals surface area contributed by atoms with Crippen LogP contribution in [-0.4, -0.2) is 12.5 Å². The van der Waals surface area contributed by atoms with Gasteiger partial charge in [0.05, 0.1) is 0 Å². The highest BCUT2D eigenvalue weighted by Gasteiger charge is 2.29. The van der Waals surface area contributed by atoms with Crippen molar-refractivity contribution < 1.29 is 4.79 Å². The number of piperidine rings is 1. The normalized spacial score (nSPS) is 20.3. The van der Waals surface area contributed by atoms with E-state index in [1.807, 2.05) is 24.8 Å². The minimum atomic E-state index is 0.181. The minimum absolute atomic E-state index is 0.181. The third-order valence-corrected chi connectivity index (χ3v) is 3.92. The Hall–Kier alpha value is -1.51. The quantitative estimate of drug-likeness (QED) is 0.815. The van der Waals surface area contributed by atoms with Crippen LogP contribution in [-0.2, 0) is 4.79 Å². The third kappa shape index (κ3) is 2.22. The van der Waals surface area contributed by atoms with E-state index >= 15 is 0 Å². The van der Waals surface area contributed by atoms with Crippen LogP contribution in [0.5, 0.6) is 0 Å². The maximum Gasteiger partial charge on any atom is 0.230 e. The van der Waals surface area contributed by atoms with Gasteiger partial charge in [0.1, 0.15) is 0 Å². The first-order valence-corrected chi connectivity index (χ1v) is 6.72. The molecule has 1 fully saturated rings. The van der Waals surface area contributed by atoms with E-state index < -0.39 is 0 Å². The Bertz CT molecular complexity index is 468. The van der Waals surface area contributed by atoms with Crippen molar-refractivity contribution in [3.05, 3.63) is 23.3 Å². The standard InChI is InChI=1S/C15H22N2O/c1-4-12-6-5-7-17(15(12)18)14-9-13(16)10(2)8-11(14)3/h8-9,12H,4-7,16H2,1-3H3. The van der Waals surface area contributed by atoms with Crippen molar-refractivity contribution in [2.75, 3.05) is 17.2 Å². The molecule has 1 aromatic rings. The molecule has 1 atom stereocenters. The molecule has 18 heavy (non-hydrogen) atoms. The highest BCUT2D eigenvalue weighted by atomic mass is 16.2. The number of benzene rings is 1. The molecule has 1 heterocycles. The summed E-state index contributed by atoms with van der Waals surface area (Å²) < 4.78 is 0. The molecule has 1 saturated heterocycles. The Balaban J connectivity index is 2.36. The number of amides is 1. The molecule has 1 aromatic carbocycles. The number of rotatable bonds is 2. The highest BCUT2D eigenvalue weighted by Crippen LogP contribution is 2.31. The first-order valence-electron chi connectivity index (χ1n) is 6.72. The first-order chi connectivity index (χ1) is 8.54. The molecule has 0 bridgehead atoms. The average molecular weight is 246 g/mol. The molecule has 0 aromatic heterocycles. The van der Waals surface area contributed by atoms with Gasteiger partial charge in [0, 0.05) is 23.8 Å². The Morgan fingerprint density at radius 1 is 1.33 bits per heavy atom. The maximum atomic E-state index is 12.4. The Kier molecular flexibility index (Phi) is 3.60. The second-order valence-electron chi connectivity index (χ2n) is 5.23. The fourth-order valence-corrected chi connectivity index (χ4v) is 2.72. The number of hydrogen-bond donors (Lipinski definition) is 1. The molecule has 98 valence electrons. The van der Waals surface area contributed by atoms with Gasteiger partial charge in [-0.3, -0.25) is 4.79 Å². The molecular formula is C15H22N2O. The lowest BCUT2D eigenvalue weighted by Crippen LogP contribution is -2.41. The van der Waals surface area contributed by atoms with Crippen molar-refractivity contribution in [2.24, 2.45) is 5.92 Å². The van der Waals surface area contributed by atoms with Crippen molar-refractivity contribution >= 4 is 17.3 Å². The number of hydrogen-bond acceptors (Lipinski definition) is 2. The van der Waals surface area contributed by atoms with Crippen LogP contribution in [0.2, 0.25) is 0 Å². The van der Waals surface area contributed by atoms with Crippen molar-refractivity contribution in [1.82, 2.24) is 0 Å². The molecule has 0 radical (unpaired) electrons. The zero-order chi connectivity index (χ0) is 13.3. The Morgan fingerprint density at radius 3 is 2.72 bits per heavy atom. The summed E-state index contributed by atoms with van der Waals surface area (Å²) in [6.07, 6.45) is 3.03. The molecular weight excluding hydrogens is 224 g/mol. The van der Waals surface area contributed by atoms with Crippen LogP contribution in [0.25, 0.3) is 0 Å². The van der Waals surface area contributed by atoms with Crippen LogP contribution >= 0.6 is 0 Å². The minimum Gasteiger partial charge on any atom is -0.398 e. The van der Waals surface area contributed by atoms with Crippen LogP contribution < -0.4 is 10.6 Å². The summed E-state index contributed by atoms with van der Waals surface area (Å²) in [6.45, 7) is 6.95. The summed E-state index contributed by atoms with van der Waals surface area (Å²) in [6, 6.07) is 4.01. The molecule has 2 rings (SSSR count). The van der Waals surface area contributed by atoms with Gasteiger partial charge in [-0.15, -0.1) is 0 Å². The van der Waals surface area contributed by atoms with E-state index in [2.05, 4.69) is 13.0 Å². The second-order valence-corrected chi connectivity index (χ2v) is 5.23. The van der Waals surface area contributed by atoms with Crippen LogP contribution in [0.15, 0.2) is 12.1 Å². The first kappa shape index (κ1) is 12.9. The number of nitrogens with zero attached hydrogens (tertiary/aromatic N) is 1. The van der Waals surface area contributed by atoms with Gasteiger partial charge < -0.3 is 10.6 Å². The largest absolute Gasteiger partial charge is 0.398 e. The van der Waals surface area contributed by atoms with Crippen LogP contribution in [0.3, 0.4) is 0 Å². The predicted molar refractivity (Wildman–Crippen MR) is 75.7 cm³/mol. The van der Waals surface area contributed by atoms with E-state index in [9.17, 15) is 4.79 Å². The van der Waals surface area contributed by atoms with Gasteiger partial charge in [0.15, 0.2) is 0 Å². The number of nitrogens with two attached hydrogens (primary N) is 1. The zero-order valence-electron chi connectivity index (χ0n) is 11.5. The molecule has 2 N–H and O–H groups in total. The molecule has 0 saturated carbocycles. The maximum absolute atomic E-state index is 12.4. The van der Waals surface area contributed by atoms with Crippen LogP contribution in [0, 0.1) is 19.8 Å². The highest BCUT2D eigenvalue weighted by molar-refractivity contribution is 5.97. The van der Waals surface area contributed by atoms with Gasteiger partial charge in [-0.05, 0) is 50.3 Å². The SMILES string of the molecule is CCC1CCCN(c2cc(N)c(C)cc2C)C1=O. The summed E-state index contributed by atoms with van der Waals surface area (Å²) in [5.41, 5.74) is 9.93. The Morgan fingerprint density at radius 2 is 2.06 bits per heavy atom. The van der Waals surface area contributed by atoms with Gasteiger partial charge in [0.2, 0.25) is 5.91 Å². The predicted octanol–water partition coefficient (Wildman–Crippen LogP) is 3.04. The second kappa shape index (κ2) is 5.01. The van der Waals surface area contributed by atoms with Crippen molar-refractivity contribution in [3.63, 3.8) is 0 Å². The van der Waals surface area contributed by atoms with Crippen molar-refractivity contribution in [1.29, 1.82) is 0 Å². The Labute approximate surface area is 109 Å². The number of nitrogen functional groups attached to an aromatic ring is 1. The monoisotopic (exact) mass is 246 g/mol. The summed E-state index contributed by atoms with van der Waals surface area (Å²) in [5.74, 6) is 0.441.